The van der Waals surface area contributed by atoms with Crippen LogP contribution in [0, 0.1) is 16.0 Å². The second-order valence-corrected chi connectivity index (χ2v) is 11.8. The van der Waals surface area contributed by atoms with Crippen LogP contribution in [0.5, 0.6) is 0 Å². The highest BCUT2D eigenvalue weighted by atomic mass is 32.2. The van der Waals surface area contributed by atoms with Gasteiger partial charge in [-0.05, 0) is 36.5 Å². The number of hydrogen-bond donors (Lipinski definition) is 2. The maximum atomic E-state index is 14.9. The Bertz CT molecular complexity index is 1310. The minimum atomic E-state index is -5.20. The van der Waals surface area contributed by atoms with Gasteiger partial charge in [0.15, 0.2) is 5.67 Å². The van der Waals surface area contributed by atoms with Gasteiger partial charge < -0.3 is 5.32 Å². The number of carbonyl (C=O) groups excluding carboxylic acids is 1. The average Bonchev–Trinajstić information content (AvgIpc) is 3.27. The summed E-state index contributed by atoms with van der Waals surface area (Å²) in [7, 11) is -3.58. The van der Waals surface area contributed by atoms with Gasteiger partial charge in [-0.1, -0.05) is 6.92 Å². The van der Waals surface area contributed by atoms with Gasteiger partial charge in [0.05, 0.1) is 14.6 Å². The summed E-state index contributed by atoms with van der Waals surface area (Å²) >= 11 is 0. The molecule has 6 nitrogen and oxygen atoms in total. The zero-order valence-electron chi connectivity index (χ0n) is 18.5. The van der Waals surface area contributed by atoms with Gasteiger partial charge in [-0.25, -0.2) is 26.6 Å². The van der Waals surface area contributed by atoms with Crippen molar-refractivity contribution < 1.29 is 39.7 Å². The third-order valence-electron chi connectivity index (χ3n) is 6.08. The molecular formula is C21H21F7N4O2S. The van der Waals surface area contributed by atoms with Crippen molar-refractivity contribution in [2.24, 2.45) is 5.41 Å². The molecule has 0 radical (unpaired) electrons. The molecule has 0 bridgehead atoms. The first-order valence-electron chi connectivity index (χ1n) is 10.4. The monoisotopic (exact) mass is 526 g/mol. The minimum Gasteiger partial charge on any atom is -0.321 e. The maximum Gasteiger partial charge on any atom is 0.420 e. The highest BCUT2D eigenvalue weighted by molar-refractivity contribution is 7.91. The molecule has 2 aliphatic carbocycles. The van der Waals surface area contributed by atoms with E-state index in [0.717, 1.165) is 24.5 Å². The summed E-state index contributed by atoms with van der Waals surface area (Å²) in [5.74, 6) is -5.41. The Hall–Kier alpha value is -2.64. The second kappa shape index (κ2) is 7.68. The van der Waals surface area contributed by atoms with E-state index in [9.17, 15) is 39.7 Å². The van der Waals surface area contributed by atoms with Crippen molar-refractivity contribution in [2.75, 3.05) is 11.6 Å². The second-order valence-electron chi connectivity index (χ2n) is 9.66. The lowest BCUT2D eigenvalue weighted by Crippen LogP contribution is -2.47. The Labute approximate surface area is 195 Å². The summed E-state index contributed by atoms with van der Waals surface area (Å²) in [4.78, 5) is 12.5. The van der Waals surface area contributed by atoms with Crippen LogP contribution >= 0.6 is 0 Å². The van der Waals surface area contributed by atoms with Crippen molar-refractivity contribution in [3.05, 3.63) is 41.0 Å². The summed E-state index contributed by atoms with van der Waals surface area (Å²) in [6.45, 7) is 0.913. The molecule has 1 heterocycles. The van der Waals surface area contributed by atoms with Crippen LogP contribution in [-0.2, 0) is 28.1 Å². The quantitative estimate of drug-likeness (QED) is 0.472. The fourth-order valence-electron chi connectivity index (χ4n) is 4.48. The Kier molecular flexibility index (Phi) is 5.58. The minimum absolute atomic E-state index is 0.237. The van der Waals surface area contributed by atoms with Crippen LogP contribution < -0.4 is 5.32 Å². The van der Waals surface area contributed by atoms with E-state index in [2.05, 4.69) is 10.4 Å². The molecule has 1 aromatic heterocycles. The summed E-state index contributed by atoms with van der Waals surface area (Å²) < 4.78 is 118. The molecule has 4 rings (SSSR count). The van der Waals surface area contributed by atoms with Gasteiger partial charge in [-0.2, -0.15) is 18.3 Å². The fourth-order valence-corrected chi connectivity index (χ4v) is 5.27. The van der Waals surface area contributed by atoms with Crippen LogP contribution in [0.25, 0.3) is 0 Å². The van der Waals surface area contributed by atoms with E-state index in [1.54, 1.807) is 0 Å². The predicted octanol–water partition coefficient (Wildman–Crippen LogP) is 5.72. The topological polar surface area (TPSA) is 87.8 Å². The van der Waals surface area contributed by atoms with Crippen LogP contribution in [-0.4, -0.2) is 32.1 Å². The maximum absolute atomic E-state index is 14.9. The van der Waals surface area contributed by atoms with Crippen molar-refractivity contribution in [1.82, 2.24) is 9.78 Å². The highest BCUT2D eigenvalue weighted by Crippen LogP contribution is 2.55. The van der Waals surface area contributed by atoms with Gasteiger partial charge in [0.1, 0.15) is 22.8 Å². The molecule has 0 spiro atoms. The first-order valence-corrected chi connectivity index (χ1v) is 12.4. The molecule has 0 saturated heterocycles. The highest BCUT2D eigenvalue weighted by Gasteiger charge is 2.57. The van der Waals surface area contributed by atoms with Crippen molar-refractivity contribution in [3.8, 4) is 0 Å². The number of anilines is 1. The van der Waals surface area contributed by atoms with E-state index in [4.69, 9.17) is 4.78 Å². The molecule has 2 N–H and O–H groups in total. The van der Waals surface area contributed by atoms with Crippen LogP contribution in [0.1, 0.15) is 54.4 Å². The molecule has 2 aliphatic rings. The lowest BCUT2D eigenvalue weighted by Gasteiger charge is -2.44. The van der Waals surface area contributed by atoms with E-state index in [-0.39, 0.29) is 18.5 Å². The van der Waals surface area contributed by atoms with Crippen molar-refractivity contribution in [1.29, 1.82) is 4.78 Å². The first-order chi connectivity index (χ1) is 15.8. The van der Waals surface area contributed by atoms with Crippen LogP contribution in [0.4, 0.5) is 36.4 Å². The SMILES string of the molecule is CC1(Cn2nc(C3(F)CC3)c(C(F)(F)F)c2C(=O)Nc2ccc(F)c(S(C)(=N)=O)c2)CC(F)(F)C1. The summed E-state index contributed by atoms with van der Waals surface area (Å²) in [5, 5.41) is 5.87. The van der Waals surface area contributed by atoms with Crippen LogP contribution in [0.3, 0.4) is 0 Å². The number of aromatic nitrogens is 2. The van der Waals surface area contributed by atoms with Gasteiger partial charge in [0, 0.05) is 31.3 Å². The molecule has 1 amide bonds. The number of nitrogens with one attached hydrogen (secondary N) is 2. The van der Waals surface area contributed by atoms with E-state index >= 15 is 0 Å². The lowest BCUT2D eigenvalue weighted by molar-refractivity contribution is -0.160. The number of carbonyl (C=O) groups is 1. The largest absolute Gasteiger partial charge is 0.420 e. The third kappa shape index (κ3) is 4.89. The summed E-state index contributed by atoms with van der Waals surface area (Å²) in [6.07, 6.45) is -6.04. The number of alkyl halides is 6. The molecule has 0 aliphatic heterocycles. The lowest BCUT2D eigenvalue weighted by atomic mass is 9.67. The predicted molar refractivity (Wildman–Crippen MR) is 111 cm³/mol. The van der Waals surface area contributed by atoms with Gasteiger partial charge in [-0.3, -0.25) is 9.48 Å². The zero-order chi connectivity index (χ0) is 26.2. The standard InChI is InChI=1S/C21H21F7N4O2S/c1-18(8-20(24,25)9-18)10-32-15(14(21(26,27)28)16(31-32)19(23)5-6-19)17(33)30-11-3-4-12(22)13(7-11)35(2,29)34/h3-4,7,29H,5-6,8-10H2,1-2H3,(H,30,33). The van der Waals surface area contributed by atoms with E-state index in [1.165, 1.54) is 6.92 Å². The zero-order valence-corrected chi connectivity index (χ0v) is 19.3. The van der Waals surface area contributed by atoms with E-state index < -0.39 is 85.9 Å². The summed E-state index contributed by atoms with van der Waals surface area (Å²) in [5.41, 5.74) is -7.49. The molecule has 192 valence electrons. The number of hydrogen-bond acceptors (Lipinski definition) is 4. The number of amides is 1. The van der Waals surface area contributed by atoms with Gasteiger partial charge in [-0.15, -0.1) is 0 Å². The van der Waals surface area contributed by atoms with E-state index in [0.29, 0.717) is 4.68 Å². The van der Waals surface area contributed by atoms with E-state index in [1.807, 2.05) is 0 Å². The van der Waals surface area contributed by atoms with Crippen molar-refractivity contribution >= 4 is 21.3 Å². The Balaban J connectivity index is 1.79. The number of nitrogens with zero attached hydrogens (tertiary/aromatic N) is 2. The molecule has 1 aromatic carbocycles. The number of halogens is 7. The normalized spacial score (nSPS) is 21.6. The average molecular weight is 526 g/mol. The number of benzene rings is 1. The van der Waals surface area contributed by atoms with Crippen LogP contribution in [0.15, 0.2) is 23.1 Å². The smallest absolute Gasteiger partial charge is 0.321 e. The molecule has 35 heavy (non-hydrogen) atoms. The number of rotatable bonds is 6. The van der Waals surface area contributed by atoms with Crippen LogP contribution in [0.2, 0.25) is 0 Å². The molecule has 2 aromatic rings. The van der Waals surface area contributed by atoms with Crippen molar-refractivity contribution in [2.45, 2.75) is 61.8 Å². The van der Waals surface area contributed by atoms with Crippen molar-refractivity contribution in [3.63, 3.8) is 0 Å². The third-order valence-corrected chi connectivity index (χ3v) is 7.23. The Morgan fingerprint density at radius 1 is 1.23 bits per heavy atom. The molecule has 1 atom stereocenters. The fraction of sp³-hybridized carbons (Fsp3) is 0.524. The first kappa shape index (κ1) is 25.5. The molecule has 2 fully saturated rings. The van der Waals surface area contributed by atoms with Gasteiger partial charge in [0.2, 0.25) is 5.92 Å². The molecule has 1 unspecified atom stereocenters. The Morgan fingerprint density at radius 2 is 1.83 bits per heavy atom. The van der Waals surface area contributed by atoms with Gasteiger partial charge in [0.25, 0.3) is 5.91 Å². The summed E-state index contributed by atoms with van der Waals surface area (Å²) in [6, 6.07) is 2.62. The molecule has 14 heteroatoms. The molecular weight excluding hydrogens is 505 g/mol. The molecule has 2 saturated carbocycles. The Morgan fingerprint density at radius 3 is 2.31 bits per heavy atom. The van der Waals surface area contributed by atoms with Gasteiger partial charge >= 0.3 is 6.18 Å².